The van der Waals surface area contributed by atoms with Gasteiger partial charge in [0.2, 0.25) is 0 Å². The molecule has 1 atom stereocenters. The molecule has 0 radical (unpaired) electrons. The molecule has 114 valence electrons. The number of hydrogen-bond acceptors (Lipinski definition) is 4. The molecular formula is C17H16NO4-. The maximum atomic E-state index is 12.4. The van der Waals surface area contributed by atoms with E-state index in [4.69, 9.17) is 4.74 Å². The highest BCUT2D eigenvalue weighted by Gasteiger charge is 2.30. The van der Waals surface area contributed by atoms with Crippen LogP contribution in [-0.4, -0.2) is 23.8 Å². The molecule has 1 aliphatic rings. The minimum Gasteiger partial charge on any atom is -0.543 e. The lowest BCUT2D eigenvalue weighted by Crippen LogP contribution is -2.23. The Morgan fingerprint density at radius 2 is 1.95 bits per heavy atom. The first-order chi connectivity index (χ1) is 10.5. The van der Waals surface area contributed by atoms with E-state index in [9.17, 15) is 14.7 Å². The highest BCUT2D eigenvalue weighted by molar-refractivity contribution is 6.03. The van der Waals surface area contributed by atoms with Gasteiger partial charge < -0.3 is 19.6 Å². The predicted molar refractivity (Wildman–Crippen MR) is 78.2 cm³/mol. The number of carboxylic acids is 1. The summed E-state index contributed by atoms with van der Waals surface area (Å²) < 4.78 is 5.13. The third-order valence-corrected chi connectivity index (χ3v) is 4.28. The lowest BCUT2D eigenvalue weighted by atomic mass is 9.81. The Labute approximate surface area is 127 Å². The molecule has 1 heterocycles. The van der Waals surface area contributed by atoms with Crippen LogP contribution in [0.4, 0.5) is 0 Å². The number of hydrogen-bond donors (Lipinski definition) is 1. The van der Waals surface area contributed by atoms with Gasteiger partial charge in [0.05, 0.1) is 18.8 Å². The fourth-order valence-electron chi connectivity index (χ4n) is 3.15. The minimum atomic E-state index is -1.28. The van der Waals surface area contributed by atoms with Crippen LogP contribution >= 0.6 is 0 Å². The summed E-state index contributed by atoms with van der Waals surface area (Å²) in [5.41, 5.74) is 2.74. The van der Waals surface area contributed by atoms with Crippen molar-refractivity contribution in [2.24, 2.45) is 0 Å². The fourth-order valence-corrected chi connectivity index (χ4v) is 3.15. The van der Waals surface area contributed by atoms with Crippen LogP contribution < -0.4 is 9.84 Å². The van der Waals surface area contributed by atoms with Crippen LogP contribution in [0.5, 0.6) is 5.75 Å². The summed E-state index contributed by atoms with van der Waals surface area (Å²) in [6.07, 6.45) is 0.992. The average Bonchev–Trinajstić information content (AvgIpc) is 2.85. The summed E-state index contributed by atoms with van der Waals surface area (Å²) >= 11 is 0. The molecule has 0 amide bonds. The smallest absolute Gasteiger partial charge is 0.165 e. The van der Waals surface area contributed by atoms with Gasteiger partial charge in [-0.15, -0.1) is 0 Å². The van der Waals surface area contributed by atoms with Gasteiger partial charge in [-0.05, 0) is 42.5 Å². The molecule has 0 unspecified atom stereocenters. The van der Waals surface area contributed by atoms with Gasteiger partial charge in [-0.1, -0.05) is 12.1 Å². The first-order valence-electron chi connectivity index (χ1n) is 7.11. The van der Waals surface area contributed by atoms with Crippen molar-refractivity contribution in [2.45, 2.75) is 25.7 Å². The van der Waals surface area contributed by atoms with Crippen LogP contribution in [0.1, 0.15) is 50.0 Å². The van der Waals surface area contributed by atoms with E-state index in [1.54, 1.807) is 14.0 Å². The number of nitrogens with one attached hydrogen (secondary N) is 1. The number of carbonyl (C=O) groups excluding carboxylic acids is 2. The largest absolute Gasteiger partial charge is 0.543 e. The van der Waals surface area contributed by atoms with Crippen molar-refractivity contribution in [1.82, 2.24) is 4.98 Å². The first kappa shape index (κ1) is 14.4. The van der Waals surface area contributed by atoms with E-state index in [0.717, 1.165) is 11.3 Å². The van der Waals surface area contributed by atoms with E-state index in [2.05, 4.69) is 4.98 Å². The number of aromatic nitrogens is 1. The molecule has 0 spiro atoms. The van der Waals surface area contributed by atoms with Crippen molar-refractivity contribution in [3.63, 3.8) is 0 Å². The molecule has 1 aromatic heterocycles. The van der Waals surface area contributed by atoms with Crippen molar-refractivity contribution >= 4 is 11.8 Å². The van der Waals surface area contributed by atoms with Gasteiger partial charge in [0.1, 0.15) is 5.75 Å². The summed E-state index contributed by atoms with van der Waals surface area (Å²) in [6, 6.07) is 7.61. The average molecular weight is 298 g/mol. The minimum absolute atomic E-state index is 0.00808. The SMILES string of the molecule is COc1ccc([C@H]2CC(=O)c3c([nH]c(C(=O)[O-])c3C)C2)cc1. The molecule has 1 aliphatic carbocycles. The highest BCUT2D eigenvalue weighted by atomic mass is 16.5. The van der Waals surface area contributed by atoms with Crippen LogP contribution in [0.25, 0.3) is 0 Å². The molecule has 0 fully saturated rings. The molecule has 1 N–H and O–H groups in total. The molecule has 5 nitrogen and oxygen atoms in total. The molecule has 22 heavy (non-hydrogen) atoms. The van der Waals surface area contributed by atoms with Gasteiger partial charge in [0.25, 0.3) is 0 Å². The van der Waals surface area contributed by atoms with Gasteiger partial charge >= 0.3 is 0 Å². The van der Waals surface area contributed by atoms with Crippen molar-refractivity contribution in [1.29, 1.82) is 0 Å². The predicted octanol–water partition coefficient (Wildman–Crippen LogP) is 1.61. The third-order valence-electron chi connectivity index (χ3n) is 4.28. The zero-order valence-electron chi connectivity index (χ0n) is 12.4. The van der Waals surface area contributed by atoms with Crippen LogP contribution in [0.15, 0.2) is 24.3 Å². The van der Waals surface area contributed by atoms with Gasteiger partial charge in [-0.2, -0.15) is 0 Å². The summed E-state index contributed by atoms with van der Waals surface area (Å²) in [5.74, 6) is -0.496. The Morgan fingerprint density at radius 3 is 2.55 bits per heavy atom. The first-order valence-corrected chi connectivity index (χ1v) is 7.11. The van der Waals surface area contributed by atoms with Crippen LogP contribution in [0, 0.1) is 6.92 Å². The van der Waals surface area contributed by atoms with E-state index in [0.29, 0.717) is 29.7 Å². The van der Waals surface area contributed by atoms with Gasteiger partial charge in [0, 0.05) is 17.7 Å². The molecule has 5 heteroatoms. The van der Waals surface area contributed by atoms with E-state index < -0.39 is 5.97 Å². The van der Waals surface area contributed by atoms with Crippen molar-refractivity contribution in [3.8, 4) is 5.75 Å². The number of H-pyrrole nitrogens is 1. The highest BCUT2D eigenvalue weighted by Crippen LogP contribution is 2.35. The van der Waals surface area contributed by atoms with Crippen LogP contribution in [-0.2, 0) is 6.42 Å². The zero-order valence-corrected chi connectivity index (χ0v) is 12.4. The molecule has 0 aliphatic heterocycles. The lowest BCUT2D eigenvalue weighted by molar-refractivity contribution is -0.255. The zero-order chi connectivity index (χ0) is 15.9. The Balaban J connectivity index is 1.95. The van der Waals surface area contributed by atoms with E-state index >= 15 is 0 Å². The Bertz CT molecular complexity index is 743. The second-order valence-corrected chi connectivity index (χ2v) is 5.57. The quantitative estimate of drug-likeness (QED) is 0.933. The molecule has 0 bridgehead atoms. The summed E-state index contributed by atoms with van der Waals surface area (Å²) in [5, 5.41) is 11.1. The van der Waals surface area contributed by atoms with Crippen LogP contribution in [0.2, 0.25) is 0 Å². The number of carbonyl (C=O) groups is 2. The second-order valence-electron chi connectivity index (χ2n) is 5.57. The monoisotopic (exact) mass is 298 g/mol. The molecule has 0 saturated heterocycles. The van der Waals surface area contributed by atoms with Crippen molar-refractivity contribution < 1.29 is 19.4 Å². The lowest BCUT2D eigenvalue weighted by Gasteiger charge is -2.22. The standard InChI is InChI=1S/C17H17NO4/c1-9-15-13(18-16(9)17(20)21)7-11(8-14(15)19)10-3-5-12(22-2)6-4-10/h3-6,11,18H,7-8H2,1-2H3,(H,20,21)/p-1/t11-/m1/s1. The number of ether oxygens (including phenoxy) is 1. The number of carboxylic acid groups (broad SMARTS) is 1. The molecular weight excluding hydrogens is 282 g/mol. The number of ketones is 1. The fraction of sp³-hybridized carbons (Fsp3) is 0.294. The number of benzene rings is 1. The van der Waals surface area contributed by atoms with E-state index in [1.165, 1.54) is 0 Å². The van der Waals surface area contributed by atoms with Crippen molar-refractivity contribution in [3.05, 3.63) is 52.3 Å². The number of methoxy groups -OCH3 is 1. The second kappa shape index (κ2) is 5.33. The number of aromatic carboxylic acids is 1. The van der Waals surface area contributed by atoms with Crippen LogP contribution in [0.3, 0.4) is 0 Å². The van der Waals surface area contributed by atoms with E-state index in [-0.39, 0.29) is 17.4 Å². The Kier molecular flexibility index (Phi) is 3.48. The molecule has 2 aromatic rings. The normalized spacial score (nSPS) is 17.2. The van der Waals surface area contributed by atoms with Gasteiger partial charge in [-0.25, -0.2) is 0 Å². The van der Waals surface area contributed by atoms with Gasteiger partial charge in [-0.3, -0.25) is 4.79 Å². The number of Topliss-reactive ketones (excluding diaryl/α,β-unsaturated/α-hetero) is 1. The number of rotatable bonds is 3. The third kappa shape index (κ3) is 2.28. The molecule has 0 saturated carbocycles. The summed E-state index contributed by atoms with van der Waals surface area (Å²) in [6.45, 7) is 1.64. The van der Waals surface area contributed by atoms with E-state index in [1.807, 2.05) is 24.3 Å². The molecule has 3 rings (SSSR count). The maximum absolute atomic E-state index is 12.4. The molecule has 1 aromatic carbocycles. The Morgan fingerprint density at radius 1 is 1.27 bits per heavy atom. The Hall–Kier alpha value is -2.56. The van der Waals surface area contributed by atoms with Crippen molar-refractivity contribution in [2.75, 3.05) is 7.11 Å². The topological polar surface area (TPSA) is 82.2 Å². The summed E-state index contributed by atoms with van der Waals surface area (Å²) in [4.78, 5) is 26.3. The van der Waals surface area contributed by atoms with Gasteiger partial charge in [0.15, 0.2) is 5.78 Å². The number of fused-ring (bicyclic) bond motifs is 1. The summed E-state index contributed by atoms with van der Waals surface area (Å²) in [7, 11) is 1.61. The maximum Gasteiger partial charge on any atom is 0.165 e. The number of aromatic amines is 1.